The van der Waals surface area contributed by atoms with Crippen LogP contribution in [0.4, 0.5) is 0 Å². The number of hydrogen-bond donors (Lipinski definition) is 1. The van der Waals surface area contributed by atoms with E-state index in [1.54, 1.807) is 6.08 Å². The predicted molar refractivity (Wildman–Crippen MR) is 47.9 cm³/mol. The van der Waals surface area contributed by atoms with Crippen molar-refractivity contribution in [3.8, 4) is 0 Å². The Hall–Kier alpha value is -1.05. The SMILES string of the molecule is CC(C)(C)C1=CC(=O)CC=C1O. The highest BCUT2D eigenvalue weighted by Gasteiger charge is 2.23. The van der Waals surface area contributed by atoms with Gasteiger partial charge in [0.25, 0.3) is 0 Å². The molecule has 12 heavy (non-hydrogen) atoms. The van der Waals surface area contributed by atoms with Crippen LogP contribution in [-0.2, 0) is 4.79 Å². The summed E-state index contributed by atoms with van der Waals surface area (Å²) in [5, 5.41) is 9.46. The van der Waals surface area contributed by atoms with E-state index in [-0.39, 0.29) is 17.0 Å². The molecule has 0 amide bonds. The van der Waals surface area contributed by atoms with Gasteiger partial charge in [0.2, 0.25) is 0 Å². The molecule has 2 nitrogen and oxygen atoms in total. The summed E-state index contributed by atoms with van der Waals surface area (Å²) in [6.45, 7) is 5.92. The number of allylic oxidation sites excluding steroid dienone is 3. The van der Waals surface area contributed by atoms with Gasteiger partial charge in [0.1, 0.15) is 5.76 Å². The molecule has 0 fully saturated rings. The van der Waals surface area contributed by atoms with Crippen LogP contribution in [0.15, 0.2) is 23.5 Å². The topological polar surface area (TPSA) is 37.3 Å². The summed E-state index contributed by atoms with van der Waals surface area (Å²) >= 11 is 0. The van der Waals surface area contributed by atoms with E-state index in [9.17, 15) is 9.90 Å². The Labute approximate surface area is 72.6 Å². The number of aliphatic hydroxyl groups excluding tert-OH is 1. The summed E-state index contributed by atoms with van der Waals surface area (Å²) < 4.78 is 0. The van der Waals surface area contributed by atoms with E-state index in [1.165, 1.54) is 6.08 Å². The second kappa shape index (κ2) is 2.77. The van der Waals surface area contributed by atoms with E-state index in [0.717, 1.165) is 5.57 Å². The number of hydrogen-bond acceptors (Lipinski definition) is 2. The van der Waals surface area contributed by atoms with Gasteiger partial charge in [0, 0.05) is 12.0 Å². The molecular weight excluding hydrogens is 152 g/mol. The highest BCUT2D eigenvalue weighted by Crippen LogP contribution is 2.32. The van der Waals surface area contributed by atoms with Gasteiger partial charge in [-0.1, -0.05) is 20.8 Å². The molecule has 0 radical (unpaired) electrons. The lowest BCUT2D eigenvalue weighted by atomic mass is 9.82. The standard InChI is InChI=1S/C10H14O2/c1-10(2,3)8-6-7(11)4-5-9(8)12/h5-6,12H,4H2,1-3H3. The maximum atomic E-state index is 11.0. The van der Waals surface area contributed by atoms with E-state index in [1.807, 2.05) is 20.8 Å². The molecule has 0 saturated carbocycles. The minimum Gasteiger partial charge on any atom is -0.508 e. The molecule has 1 aliphatic rings. The van der Waals surface area contributed by atoms with Gasteiger partial charge < -0.3 is 5.11 Å². The Kier molecular flexibility index (Phi) is 2.09. The maximum absolute atomic E-state index is 11.0. The third-order valence-electron chi connectivity index (χ3n) is 1.89. The second-order valence-corrected chi connectivity index (χ2v) is 4.07. The molecule has 0 atom stereocenters. The highest BCUT2D eigenvalue weighted by molar-refractivity contribution is 5.93. The van der Waals surface area contributed by atoms with Gasteiger partial charge in [-0.05, 0) is 17.6 Å². The zero-order chi connectivity index (χ0) is 9.35. The summed E-state index contributed by atoms with van der Waals surface area (Å²) in [4.78, 5) is 11.0. The molecule has 0 bridgehead atoms. The fourth-order valence-corrected chi connectivity index (χ4v) is 1.20. The van der Waals surface area contributed by atoms with Crippen molar-refractivity contribution < 1.29 is 9.90 Å². The quantitative estimate of drug-likeness (QED) is 0.599. The van der Waals surface area contributed by atoms with Crippen molar-refractivity contribution in [1.29, 1.82) is 0 Å². The van der Waals surface area contributed by atoms with Crippen molar-refractivity contribution in [3.63, 3.8) is 0 Å². The van der Waals surface area contributed by atoms with Gasteiger partial charge >= 0.3 is 0 Å². The van der Waals surface area contributed by atoms with Crippen molar-refractivity contribution >= 4 is 5.78 Å². The van der Waals surface area contributed by atoms with Crippen LogP contribution in [-0.4, -0.2) is 10.9 Å². The average molecular weight is 166 g/mol. The molecule has 0 aromatic heterocycles. The fraction of sp³-hybridized carbons (Fsp3) is 0.500. The van der Waals surface area contributed by atoms with E-state index in [2.05, 4.69) is 0 Å². The summed E-state index contributed by atoms with van der Waals surface area (Å²) in [6, 6.07) is 0. The van der Waals surface area contributed by atoms with Crippen LogP contribution in [0.5, 0.6) is 0 Å². The number of ketones is 1. The minimum atomic E-state index is -0.156. The number of rotatable bonds is 0. The second-order valence-electron chi connectivity index (χ2n) is 4.07. The Morgan fingerprint density at radius 2 is 2.00 bits per heavy atom. The monoisotopic (exact) mass is 166 g/mol. The largest absolute Gasteiger partial charge is 0.508 e. The van der Waals surface area contributed by atoms with E-state index >= 15 is 0 Å². The Balaban J connectivity index is 3.02. The average Bonchev–Trinajstić information content (AvgIpc) is 1.92. The molecule has 0 aliphatic heterocycles. The Morgan fingerprint density at radius 3 is 2.42 bits per heavy atom. The first-order valence-corrected chi connectivity index (χ1v) is 4.06. The summed E-state index contributed by atoms with van der Waals surface area (Å²) in [6.07, 6.45) is 3.43. The van der Waals surface area contributed by atoms with E-state index in [0.29, 0.717) is 6.42 Å². The van der Waals surface area contributed by atoms with Crippen LogP contribution >= 0.6 is 0 Å². The molecule has 0 heterocycles. The normalized spacial score (nSPS) is 18.8. The van der Waals surface area contributed by atoms with Crippen molar-refractivity contribution in [2.24, 2.45) is 5.41 Å². The smallest absolute Gasteiger partial charge is 0.160 e. The van der Waals surface area contributed by atoms with Crippen LogP contribution < -0.4 is 0 Å². The van der Waals surface area contributed by atoms with E-state index < -0.39 is 0 Å². The minimum absolute atomic E-state index is 0.0673. The Morgan fingerprint density at radius 1 is 1.42 bits per heavy atom. The van der Waals surface area contributed by atoms with Gasteiger partial charge in [-0.25, -0.2) is 0 Å². The van der Waals surface area contributed by atoms with Crippen LogP contribution in [0.1, 0.15) is 27.2 Å². The van der Waals surface area contributed by atoms with Gasteiger partial charge in [-0.15, -0.1) is 0 Å². The lowest BCUT2D eigenvalue weighted by Gasteiger charge is -2.24. The molecule has 2 heteroatoms. The first kappa shape index (κ1) is 9.04. The molecule has 1 aliphatic carbocycles. The first-order valence-electron chi connectivity index (χ1n) is 4.06. The molecule has 0 spiro atoms. The zero-order valence-electron chi connectivity index (χ0n) is 7.72. The molecule has 66 valence electrons. The molecule has 0 unspecified atom stereocenters. The maximum Gasteiger partial charge on any atom is 0.160 e. The zero-order valence-corrected chi connectivity index (χ0v) is 7.72. The summed E-state index contributed by atoms with van der Waals surface area (Å²) in [5.41, 5.74) is 0.579. The van der Waals surface area contributed by atoms with Crippen molar-refractivity contribution in [2.75, 3.05) is 0 Å². The lowest BCUT2D eigenvalue weighted by Crippen LogP contribution is -2.16. The third kappa shape index (κ3) is 1.76. The van der Waals surface area contributed by atoms with Crippen molar-refractivity contribution in [3.05, 3.63) is 23.5 Å². The van der Waals surface area contributed by atoms with Gasteiger partial charge in [-0.3, -0.25) is 4.79 Å². The van der Waals surface area contributed by atoms with Crippen LogP contribution in [0.25, 0.3) is 0 Å². The predicted octanol–water partition coefficient (Wildman–Crippen LogP) is 2.37. The first-order chi connectivity index (χ1) is 5.41. The van der Waals surface area contributed by atoms with Crippen molar-refractivity contribution in [2.45, 2.75) is 27.2 Å². The highest BCUT2D eigenvalue weighted by atomic mass is 16.3. The molecule has 1 rings (SSSR count). The number of carbonyl (C=O) groups excluding carboxylic acids is 1. The fourth-order valence-electron chi connectivity index (χ4n) is 1.20. The molecule has 0 aromatic rings. The van der Waals surface area contributed by atoms with Crippen LogP contribution in [0.3, 0.4) is 0 Å². The van der Waals surface area contributed by atoms with Crippen LogP contribution in [0, 0.1) is 5.41 Å². The molecule has 0 saturated heterocycles. The van der Waals surface area contributed by atoms with Gasteiger partial charge in [0.05, 0.1) is 0 Å². The summed E-state index contributed by atoms with van der Waals surface area (Å²) in [5.74, 6) is 0.319. The summed E-state index contributed by atoms with van der Waals surface area (Å²) in [7, 11) is 0. The molecule has 1 N–H and O–H groups in total. The Bertz CT molecular complexity index is 264. The van der Waals surface area contributed by atoms with E-state index in [4.69, 9.17) is 0 Å². The lowest BCUT2D eigenvalue weighted by molar-refractivity contribution is -0.114. The van der Waals surface area contributed by atoms with Crippen molar-refractivity contribution in [1.82, 2.24) is 0 Å². The molecule has 0 aromatic carbocycles. The van der Waals surface area contributed by atoms with Crippen LogP contribution in [0.2, 0.25) is 0 Å². The van der Waals surface area contributed by atoms with Gasteiger partial charge in [-0.2, -0.15) is 0 Å². The number of carbonyl (C=O) groups is 1. The number of aliphatic hydroxyl groups is 1. The molecular formula is C10H14O2. The van der Waals surface area contributed by atoms with Gasteiger partial charge in [0.15, 0.2) is 5.78 Å². The third-order valence-corrected chi connectivity index (χ3v) is 1.89.